The van der Waals surface area contributed by atoms with E-state index in [4.69, 9.17) is 28.5 Å². The highest BCUT2D eigenvalue weighted by molar-refractivity contribution is 6.30. The summed E-state index contributed by atoms with van der Waals surface area (Å²) in [5, 5.41) is 7.82. The lowest BCUT2D eigenvalue weighted by Gasteiger charge is -2.01. The van der Waals surface area contributed by atoms with Gasteiger partial charge >= 0.3 is 0 Å². The third-order valence-electron chi connectivity index (χ3n) is 1.29. The van der Waals surface area contributed by atoms with Gasteiger partial charge in [0.15, 0.2) is 0 Å². The van der Waals surface area contributed by atoms with Crippen LogP contribution in [0, 0.1) is 17.1 Å². The summed E-state index contributed by atoms with van der Waals surface area (Å²) in [4.78, 5) is 0. The van der Waals surface area contributed by atoms with Gasteiger partial charge in [-0.05, 0) is 23.8 Å². The molecule has 0 aliphatic heterocycles. The molecule has 1 aromatic carbocycles. The van der Waals surface area contributed by atoms with Crippen molar-refractivity contribution in [2.24, 2.45) is 0 Å². The van der Waals surface area contributed by atoms with Gasteiger partial charge in [0.1, 0.15) is 11.2 Å². The summed E-state index contributed by atoms with van der Waals surface area (Å²) in [6, 6.07) is 5.59. The minimum absolute atomic E-state index is 0.242. The highest BCUT2D eigenvalue weighted by Gasteiger charge is 2.07. The topological polar surface area (TPSA) is 23.8 Å². The fraction of sp³-hybridized carbons (Fsp3) is 0.125. The maximum atomic E-state index is 12.7. The fourth-order valence-corrected chi connectivity index (χ4v) is 1.15. The summed E-state index contributed by atoms with van der Waals surface area (Å²) in [6.45, 7) is 0. The highest BCUT2D eigenvalue weighted by atomic mass is 35.5. The van der Waals surface area contributed by atoms with E-state index in [9.17, 15) is 4.39 Å². The van der Waals surface area contributed by atoms with Crippen LogP contribution in [0.5, 0.6) is 0 Å². The second-order valence-electron chi connectivity index (χ2n) is 2.19. The van der Waals surface area contributed by atoms with E-state index < -0.39 is 11.2 Å². The van der Waals surface area contributed by atoms with E-state index >= 15 is 0 Å². The molecule has 0 bridgehead atoms. The average molecular weight is 204 g/mol. The Hall–Kier alpha value is -0.780. The minimum Gasteiger partial charge on any atom is -0.207 e. The standard InChI is InChI=1S/C8H4Cl2FN/c9-6-1-5(8(10)4-12)2-7(11)3-6/h1-3,8H. The quantitative estimate of drug-likeness (QED) is 0.644. The number of hydrogen-bond acceptors (Lipinski definition) is 1. The third-order valence-corrected chi connectivity index (χ3v) is 1.86. The van der Waals surface area contributed by atoms with Gasteiger partial charge in [0.25, 0.3) is 0 Å². The molecule has 12 heavy (non-hydrogen) atoms. The van der Waals surface area contributed by atoms with Gasteiger partial charge in [-0.15, -0.1) is 11.6 Å². The number of nitrogens with zero attached hydrogens (tertiary/aromatic N) is 1. The van der Waals surface area contributed by atoms with Gasteiger partial charge in [0.2, 0.25) is 0 Å². The Morgan fingerprint density at radius 3 is 2.58 bits per heavy atom. The predicted octanol–water partition coefficient (Wildman–Crippen LogP) is 3.28. The van der Waals surface area contributed by atoms with Crippen LogP contribution in [0.1, 0.15) is 10.9 Å². The van der Waals surface area contributed by atoms with E-state index in [1.54, 1.807) is 6.07 Å². The fourth-order valence-electron chi connectivity index (χ4n) is 0.796. The summed E-state index contributed by atoms with van der Waals surface area (Å²) in [5.41, 5.74) is 0.379. The van der Waals surface area contributed by atoms with Gasteiger partial charge in [-0.25, -0.2) is 4.39 Å². The van der Waals surface area contributed by atoms with Crippen LogP contribution in [0.3, 0.4) is 0 Å². The molecule has 0 spiro atoms. The van der Waals surface area contributed by atoms with Crippen molar-refractivity contribution in [3.05, 3.63) is 34.6 Å². The molecule has 1 unspecified atom stereocenters. The van der Waals surface area contributed by atoms with Crippen LogP contribution < -0.4 is 0 Å². The van der Waals surface area contributed by atoms with Crippen molar-refractivity contribution in [3.63, 3.8) is 0 Å². The van der Waals surface area contributed by atoms with Gasteiger partial charge in [0, 0.05) is 5.02 Å². The molecule has 0 aromatic heterocycles. The Bertz CT molecular complexity index is 312. The molecule has 0 radical (unpaired) electrons. The number of rotatable bonds is 1. The van der Waals surface area contributed by atoms with Crippen molar-refractivity contribution in [1.29, 1.82) is 5.26 Å². The largest absolute Gasteiger partial charge is 0.207 e. The summed E-state index contributed by atoms with van der Waals surface area (Å²) in [7, 11) is 0. The monoisotopic (exact) mass is 203 g/mol. The maximum Gasteiger partial charge on any atom is 0.145 e. The first kappa shape index (κ1) is 9.31. The smallest absolute Gasteiger partial charge is 0.145 e. The molecule has 0 aliphatic carbocycles. The molecule has 1 rings (SSSR count). The average Bonchev–Trinajstić information content (AvgIpc) is 2.01. The van der Waals surface area contributed by atoms with Crippen molar-refractivity contribution >= 4 is 23.2 Å². The van der Waals surface area contributed by atoms with Gasteiger partial charge in [-0.1, -0.05) is 11.6 Å². The molecule has 0 saturated carbocycles. The molecule has 0 amide bonds. The van der Waals surface area contributed by atoms with Crippen molar-refractivity contribution in [2.45, 2.75) is 5.38 Å². The first-order chi connectivity index (χ1) is 5.63. The van der Waals surface area contributed by atoms with E-state index in [1.807, 2.05) is 0 Å². The Kier molecular flexibility index (Phi) is 2.91. The number of hydrogen-bond donors (Lipinski definition) is 0. The van der Waals surface area contributed by atoms with Crippen LogP contribution in [0.2, 0.25) is 5.02 Å². The summed E-state index contributed by atoms with van der Waals surface area (Å²) in [5.74, 6) is -0.488. The lowest BCUT2D eigenvalue weighted by atomic mass is 10.1. The number of benzene rings is 1. The molecule has 0 saturated heterocycles. The molecule has 0 fully saturated rings. The van der Waals surface area contributed by atoms with Crippen LogP contribution in [-0.2, 0) is 0 Å². The van der Waals surface area contributed by atoms with E-state index in [1.165, 1.54) is 12.1 Å². The first-order valence-corrected chi connectivity index (χ1v) is 3.94. The molecular formula is C8H4Cl2FN. The molecule has 1 aromatic rings. The molecule has 4 heteroatoms. The highest BCUT2D eigenvalue weighted by Crippen LogP contribution is 2.23. The molecule has 0 aliphatic rings. The maximum absolute atomic E-state index is 12.7. The zero-order chi connectivity index (χ0) is 9.14. The molecule has 0 N–H and O–H groups in total. The van der Waals surface area contributed by atoms with E-state index in [-0.39, 0.29) is 5.02 Å². The Morgan fingerprint density at radius 2 is 2.08 bits per heavy atom. The predicted molar refractivity (Wildman–Crippen MR) is 45.6 cm³/mol. The molecule has 62 valence electrons. The van der Waals surface area contributed by atoms with Crippen molar-refractivity contribution in [3.8, 4) is 6.07 Å². The van der Waals surface area contributed by atoms with Crippen LogP contribution in [0.25, 0.3) is 0 Å². The first-order valence-electron chi connectivity index (χ1n) is 3.13. The van der Waals surface area contributed by atoms with Gasteiger partial charge in [-0.2, -0.15) is 5.26 Å². The van der Waals surface area contributed by atoms with Gasteiger partial charge in [-0.3, -0.25) is 0 Å². The van der Waals surface area contributed by atoms with Crippen LogP contribution in [0.15, 0.2) is 18.2 Å². The van der Waals surface area contributed by atoms with Gasteiger partial charge < -0.3 is 0 Å². The lowest BCUT2D eigenvalue weighted by Crippen LogP contribution is -1.87. The summed E-state index contributed by atoms with van der Waals surface area (Å²) >= 11 is 11.1. The summed E-state index contributed by atoms with van der Waals surface area (Å²) < 4.78 is 12.7. The lowest BCUT2D eigenvalue weighted by molar-refractivity contribution is 0.626. The summed E-state index contributed by atoms with van der Waals surface area (Å²) in [6.07, 6.45) is 0. The van der Waals surface area contributed by atoms with Gasteiger partial charge in [0.05, 0.1) is 6.07 Å². The Morgan fingerprint density at radius 1 is 1.42 bits per heavy atom. The van der Waals surface area contributed by atoms with Crippen molar-refractivity contribution in [2.75, 3.05) is 0 Å². The normalized spacial score (nSPS) is 12.2. The van der Waals surface area contributed by atoms with E-state index in [2.05, 4.69) is 0 Å². The molecule has 0 heterocycles. The minimum atomic E-state index is -0.849. The van der Waals surface area contributed by atoms with Crippen molar-refractivity contribution < 1.29 is 4.39 Å². The third kappa shape index (κ3) is 2.10. The number of halogens is 3. The zero-order valence-electron chi connectivity index (χ0n) is 5.89. The zero-order valence-corrected chi connectivity index (χ0v) is 7.40. The Balaban J connectivity index is 3.10. The van der Waals surface area contributed by atoms with Crippen LogP contribution in [0.4, 0.5) is 4.39 Å². The molecular weight excluding hydrogens is 200 g/mol. The number of nitriles is 1. The van der Waals surface area contributed by atoms with E-state index in [0.717, 1.165) is 6.07 Å². The molecule has 1 nitrogen and oxygen atoms in total. The second kappa shape index (κ2) is 3.75. The molecule has 1 atom stereocenters. The van der Waals surface area contributed by atoms with E-state index in [0.29, 0.717) is 5.56 Å². The SMILES string of the molecule is N#CC(Cl)c1cc(F)cc(Cl)c1. The van der Waals surface area contributed by atoms with Crippen LogP contribution in [-0.4, -0.2) is 0 Å². The second-order valence-corrected chi connectivity index (χ2v) is 3.07. The Labute approximate surface area is 79.3 Å². The van der Waals surface area contributed by atoms with Crippen LogP contribution >= 0.6 is 23.2 Å². The van der Waals surface area contributed by atoms with Crippen molar-refractivity contribution in [1.82, 2.24) is 0 Å². The number of alkyl halides is 1.